The summed E-state index contributed by atoms with van der Waals surface area (Å²) in [4.78, 5) is 10.2. The number of anilines is 1. The number of nitrogens with one attached hydrogen (secondary N) is 1. The summed E-state index contributed by atoms with van der Waals surface area (Å²) in [6, 6.07) is 4.10. The van der Waals surface area contributed by atoms with Gasteiger partial charge in [0, 0.05) is 17.8 Å². The van der Waals surface area contributed by atoms with Gasteiger partial charge in [0.25, 0.3) is 5.69 Å². The predicted molar refractivity (Wildman–Crippen MR) is 75.2 cm³/mol. The van der Waals surface area contributed by atoms with E-state index in [4.69, 9.17) is 9.84 Å². The van der Waals surface area contributed by atoms with Crippen molar-refractivity contribution in [2.75, 3.05) is 11.9 Å². The molecule has 0 bridgehead atoms. The largest absolute Gasteiger partial charge is 0.394 e. The van der Waals surface area contributed by atoms with Gasteiger partial charge in [0.15, 0.2) is 6.23 Å². The molecule has 22 heavy (non-hydrogen) atoms. The number of nitro benzene ring substituents is 1. The van der Waals surface area contributed by atoms with Crippen molar-refractivity contribution >= 4 is 11.4 Å². The first-order chi connectivity index (χ1) is 10.3. The van der Waals surface area contributed by atoms with E-state index in [9.17, 15) is 25.4 Å². The van der Waals surface area contributed by atoms with Crippen LogP contribution in [0.2, 0.25) is 0 Å². The zero-order valence-corrected chi connectivity index (χ0v) is 11.8. The summed E-state index contributed by atoms with van der Waals surface area (Å²) in [7, 11) is 0. The lowest BCUT2D eigenvalue weighted by molar-refractivity contribution is -0.384. The van der Waals surface area contributed by atoms with Crippen molar-refractivity contribution < 1.29 is 30.1 Å². The molecule has 1 aromatic rings. The van der Waals surface area contributed by atoms with Gasteiger partial charge in [-0.15, -0.1) is 0 Å². The van der Waals surface area contributed by atoms with Gasteiger partial charge in [-0.1, -0.05) is 0 Å². The third kappa shape index (κ3) is 3.18. The van der Waals surface area contributed by atoms with Gasteiger partial charge in [-0.25, -0.2) is 0 Å². The SMILES string of the molecule is Cc1cc([N+](=O)[O-])ccc1N[C@H]1O[C@@H](CO)[C@@H](O)[C@@H](O)[C@@H]1O. The Kier molecular flexibility index (Phi) is 4.94. The van der Waals surface area contributed by atoms with Gasteiger partial charge in [0.1, 0.15) is 24.4 Å². The van der Waals surface area contributed by atoms with E-state index >= 15 is 0 Å². The Morgan fingerprint density at radius 2 is 1.95 bits per heavy atom. The van der Waals surface area contributed by atoms with Gasteiger partial charge in [-0.05, 0) is 18.6 Å². The van der Waals surface area contributed by atoms with Crippen molar-refractivity contribution in [1.29, 1.82) is 0 Å². The second-order valence-corrected chi connectivity index (χ2v) is 5.15. The first kappa shape index (κ1) is 16.6. The molecule has 0 radical (unpaired) electrons. The van der Waals surface area contributed by atoms with Crippen LogP contribution in [0.25, 0.3) is 0 Å². The third-order valence-electron chi connectivity index (χ3n) is 3.61. The van der Waals surface area contributed by atoms with E-state index in [-0.39, 0.29) is 5.69 Å². The molecule has 9 nitrogen and oxygen atoms in total. The van der Waals surface area contributed by atoms with Crippen molar-refractivity contribution in [2.24, 2.45) is 0 Å². The number of aryl methyl sites for hydroxylation is 1. The van der Waals surface area contributed by atoms with E-state index in [0.29, 0.717) is 11.3 Å². The van der Waals surface area contributed by atoms with Gasteiger partial charge >= 0.3 is 0 Å². The predicted octanol–water partition coefficient (Wildman–Crippen LogP) is -0.885. The van der Waals surface area contributed by atoms with E-state index in [1.807, 2.05) is 0 Å². The van der Waals surface area contributed by atoms with Gasteiger partial charge in [0.05, 0.1) is 11.5 Å². The number of rotatable bonds is 4. The molecule has 1 fully saturated rings. The summed E-state index contributed by atoms with van der Waals surface area (Å²) < 4.78 is 5.31. The van der Waals surface area contributed by atoms with Crippen LogP contribution in [-0.2, 0) is 4.74 Å². The highest BCUT2D eigenvalue weighted by Gasteiger charge is 2.43. The van der Waals surface area contributed by atoms with Crippen LogP contribution in [0.1, 0.15) is 5.56 Å². The smallest absolute Gasteiger partial charge is 0.269 e. The molecule has 1 heterocycles. The number of hydrogen-bond donors (Lipinski definition) is 5. The van der Waals surface area contributed by atoms with E-state index in [1.165, 1.54) is 18.2 Å². The maximum absolute atomic E-state index is 10.7. The number of aliphatic hydroxyl groups is 4. The quantitative estimate of drug-likeness (QED) is 0.355. The Balaban J connectivity index is 2.17. The zero-order chi connectivity index (χ0) is 16.4. The number of hydrogen-bond acceptors (Lipinski definition) is 8. The Morgan fingerprint density at radius 1 is 1.27 bits per heavy atom. The fraction of sp³-hybridized carbons (Fsp3) is 0.538. The molecular formula is C13H18N2O7. The third-order valence-corrected chi connectivity index (χ3v) is 3.61. The Bertz CT molecular complexity index is 551. The molecule has 0 aromatic heterocycles. The van der Waals surface area contributed by atoms with Crippen molar-refractivity contribution in [3.63, 3.8) is 0 Å². The maximum Gasteiger partial charge on any atom is 0.269 e. The first-order valence-corrected chi connectivity index (χ1v) is 6.67. The van der Waals surface area contributed by atoms with Crippen molar-refractivity contribution in [2.45, 2.75) is 37.6 Å². The minimum atomic E-state index is -1.48. The number of non-ortho nitro benzene ring substituents is 1. The second-order valence-electron chi connectivity index (χ2n) is 5.15. The molecule has 122 valence electrons. The molecule has 1 aromatic carbocycles. The summed E-state index contributed by atoms with van der Waals surface area (Å²) in [5.74, 6) is 0. The standard InChI is InChI=1S/C13H18N2O7/c1-6-4-7(15(20)21)2-3-8(6)14-13-12(19)11(18)10(17)9(5-16)22-13/h2-4,9-14,16-19H,5H2,1H3/t9-,10+,11+,12-,13-/m0/s1. The van der Waals surface area contributed by atoms with Crippen LogP contribution >= 0.6 is 0 Å². The molecule has 9 heteroatoms. The molecule has 1 saturated heterocycles. The van der Waals surface area contributed by atoms with Crippen molar-refractivity contribution in [1.82, 2.24) is 0 Å². The van der Waals surface area contributed by atoms with Crippen LogP contribution in [-0.4, -0.2) is 62.6 Å². The normalized spacial score (nSPS) is 31.8. The lowest BCUT2D eigenvalue weighted by Gasteiger charge is -2.40. The van der Waals surface area contributed by atoms with E-state index in [2.05, 4.69) is 5.32 Å². The number of aliphatic hydroxyl groups excluding tert-OH is 4. The van der Waals surface area contributed by atoms with Crippen LogP contribution in [0.4, 0.5) is 11.4 Å². The minimum Gasteiger partial charge on any atom is -0.394 e. The lowest BCUT2D eigenvalue weighted by atomic mass is 9.98. The highest BCUT2D eigenvalue weighted by molar-refractivity contribution is 5.55. The number of benzene rings is 1. The fourth-order valence-electron chi connectivity index (χ4n) is 2.30. The molecule has 5 atom stereocenters. The van der Waals surface area contributed by atoms with E-state index in [0.717, 1.165) is 0 Å². The number of ether oxygens (including phenoxy) is 1. The van der Waals surface area contributed by atoms with Crippen LogP contribution in [0.5, 0.6) is 0 Å². The minimum absolute atomic E-state index is 0.0724. The summed E-state index contributed by atoms with van der Waals surface area (Å²) >= 11 is 0. The number of nitrogens with zero attached hydrogens (tertiary/aromatic N) is 1. The molecular weight excluding hydrogens is 296 g/mol. The van der Waals surface area contributed by atoms with Crippen molar-refractivity contribution in [3.05, 3.63) is 33.9 Å². The molecule has 0 unspecified atom stereocenters. The summed E-state index contributed by atoms with van der Waals surface area (Å²) in [5.41, 5.74) is 0.943. The van der Waals surface area contributed by atoms with Crippen LogP contribution < -0.4 is 5.32 Å². The Morgan fingerprint density at radius 3 is 2.50 bits per heavy atom. The highest BCUT2D eigenvalue weighted by Crippen LogP contribution is 2.26. The Hall–Kier alpha value is -1.78. The van der Waals surface area contributed by atoms with Crippen molar-refractivity contribution in [3.8, 4) is 0 Å². The molecule has 1 aliphatic rings. The van der Waals surface area contributed by atoms with Gasteiger partial charge in [-0.3, -0.25) is 10.1 Å². The van der Waals surface area contributed by atoms with Gasteiger partial charge in [-0.2, -0.15) is 0 Å². The molecule has 2 rings (SSSR count). The Labute approximate surface area is 125 Å². The lowest BCUT2D eigenvalue weighted by Crippen LogP contribution is -2.60. The van der Waals surface area contributed by atoms with Crippen LogP contribution in [0, 0.1) is 17.0 Å². The zero-order valence-electron chi connectivity index (χ0n) is 11.8. The topological polar surface area (TPSA) is 145 Å². The summed E-state index contributed by atoms with van der Waals surface area (Å²) in [5, 5.41) is 52.0. The van der Waals surface area contributed by atoms with Gasteiger partial charge < -0.3 is 30.5 Å². The maximum atomic E-state index is 10.7. The average Bonchev–Trinajstić information content (AvgIpc) is 2.49. The van der Waals surface area contributed by atoms with E-state index < -0.39 is 42.2 Å². The first-order valence-electron chi connectivity index (χ1n) is 6.67. The molecule has 0 amide bonds. The van der Waals surface area contributed by atoms with Gasteiger partial charge in [0.2, 0.25) is 0 Å². The van der Waals surface area contributed by atoms with E-state index in [1.54, 1.807) is 6.92 Å². The summed E-state index contributed by atoms with van der Waals surface area (Å²) in [6.45, 7) is 1.11. The molecule has 5 N–H and O–H groups in total. The molecule has 1 aliphatic heterocycles. The van der Waals surface area contributed by atoms with Crippen LogP contribution in [0.3, 0.4) is 0 Å². The highest BCUT2D eigenvalue weighted by atomic mass is 16.6. The molecule has 0 aliphatic carbocycles. The van der Waals surface area contributed by atoms with Crippen LogP contribution in [0.15, 0.2) is 18.2 Å². The second kappa shape index (κ2) is 6.55. The average molecular weight is 314 g/mol. The molecule has 0 spiro atoms. The monoisotopic (exact) mass is 314 g/mol. The summed E-state index contributed by atoms with van der Waals surface area (Å²) in [6.07, 6.45) is -6.44. The molecule has 0 saturated carbocycles. The fourth-order valence-corrected chi connectivity index (χ4v) is 2.30. The number of nitro groups is 1.